The Morgan fingerprint density at radius 1 is 0.550 bits per heavy atom. The zero-order valence-electron chi connectivity index (χ0n) is 12.9. The Labute approximate surface area is 123 Å². The first-order valence-corrected chi connectivity index (χ1v) is 10.1. The second kappa shape index (κ2) is 12.8. The first kappa shape index (κ1) is 22.4. The molecule has 0 unspecified atom stereocenters. The van der Waals surface area contributed by atoms with Gasteiger partial charge in [0.1, 0.15) is 0 Å². The molecule has 0 fully saturated rings. The number of hydrogen-bond donors (Lipinski definition) is 3. The molecular weight excluding hydrogens is 304 g/mol. The highest BCUT2D eigenvalue weighted by molar-refractivity contribution is 6.53. The highest BCUT2D eigenvalue weighted by Gasteiger charge is 2.44. The van der Waals surface area contributed by atoms with Crippen LogP contribution in [-0.4, -0.2) is 65.5 Å². The van der Waals surface area contributed by atoms with E-state index in [1.54, 1.807) is 6.92 Å². The minimum atomic E-state index is -4.16. The molecular formula is C10H28O8Si2. The van der Waals surface area contributed by atoms with Crippen LogP contribution >= 0.6 is 0 Å². The topological polar surface area (TPSA) is 107 Å². The molecule has 8 nitrogen and oxygen atoms in total. The summed E-state index contributed by atoms with van der Waals surface area (Å²) in [6.45, 7) is 11.5. The average Bonchev–Trinajstić information content (AvgIpc) is 2.29. The first-order valence-electron chi connectivity index (χ1n) is 6.67. The largest absolute Gasteiger partial charge is 0.679 e. The summed E-state index contributed by atoms with van der Waals surface area (Å²) in [5.41, 5.74) is 0. The summed E-state index contributed by atoms with van der Waals surface area (Å²) in [5.74, 6) is 0. The highest BCUT2D eigenvalue weighted by atomic mass is 28.4. The van der Waals surface area contributed by atoms with Gasteiger partial charge in [0.05, 0.1) is 0 Å². The van der Waals surface area contributed by atoms with E-state index in [1.165, 1.54) is 0 Å². The SMILES string of the molecule is CCO[Si](O)(O)O.CCO[Si](OCC)(OCC)OCC. The Bertz CT molecular complexity index is 182. The quantitative estimate of drug-likeness (QED) is 0.480. The third kappa shape index (κ3) is 13.1. The lowest BCUT2D eigenvalue weighted by Crippen LogP contribution is -2.49. The van der Waals surface area contributed by atoms with Gasteiger partial charge in [-0.15, -0.1) is 0 Å². The lowest BCUT2D eigenvalue weighted by Gasteiger charge is -2.26. The van der Waals surface area contributed by atoms with Gasteiger partial charge in [-0.05, 0) is 34.6 Å². The molecule has 0 radical (unpaired) electrons. The maximum Gasteiger partial charge on any atom is 0.679 e. The lowest BCUT2D eigenvalue weighted by molar-refractivity contribution is -0.0247. The second-order valence-corrected chi connectivity index (χ2v) is 6.83. The standard InChI is InChI=1S/C8H20O4Si.C2H8O4Si/c1-5-9-13(10-6-2,11-7-3)12-8-4;1-2-6-7(3,4)5/h5-8H2,1-4H3;3-5H,2H2,1H3. The van der Waals surface area contributed by atoms with Crippen molar-refractivity contribution in [2.75, 3.05) is 33.0 Å². The van der Waals surface area contributed by atoms with Gasteiger partial charge in [-0.2, -0.15) is 0 Å². The normalized spacial score (nSPS) is 12.0. The molecule has 0 aliphatic carbocycles. The van der Waals surface area contributed by atoms with E-state index in [9.17, 15) is 0 Å². The van der Waals surface area contributed by atoms with Crippen LogP contribution in [0.4, 0.5) is 0 Å². The molecule has 0 aromatic carbocycles. The minimum Gasteiger partial charge on any atom is -0.368 e. The minimum absolute atomic E-state index is 0.121. The van der Waals surface area contributed by atoms with Crippen molar-refractivity contribution in [3.63, 3.8) is 0 Å². The van der Waals surface area contributed by atoms with Gasteiger partial charge < -0.3 is 36.5 Å². The van der Waals surface area contributed by atoms with Gasteiger partial charge in [0, 0.05) is 33.0 Å². The van der Waals surface area contributed by atoms with Crippen molar-refractivity contribution in [3.8, 4) is 0 Å². The fourth-order valence-electron chi connectivity index (χ4n) is 1.15. The molecule has 0 amide bonds. The van der Waals surface area contributed by atoms with Crippen LogP contribution in [0.2, 0.25) is 0 Å². The summed E-state index contributed by atoms with van der Waals surface area (Å²) in [7, 11) is -6.95. The van der Waals surface area contributed by atoms with E-state index in [0.717, 1.165) is 0 Å². The van der Waals surface area contributed by atoms with Crippen molar-refractivity contribution >= 4 is 18.1 Å². The molecule has 0 aromatic rings. The molecule has 10 heteroatoms. The average molecular weight is 332 g/mol. The molecule has 0 saturated heterocycles. The summed E-state index contributed by atoms with van der Waals surface area (Å²) in [4.78, 5) is 24.1. The van der Waals surface area contributed by atoms with Crippen molar-refractivity contribution in [1.82, 2.24) is 0 Å². The van der Waals surface area contributed by atoms with Crippen LogP contribution in [-0.2, 0) is 22.1 Å². The molecule has 0 aromatic heterocycles. The van der Waals surface area contributed by atoms with E-state index in [-0.39, 0.29) is 6.61 Å². The van der Waals surface area contributed by atoms with E-state index in [0.29, 0.717) is 26.4 Å². The van der Waals surface area contributed by atoms with Crippen LogP contribution in [0.3, 0.4) is 0 Å². The van der Waals surface area contributed by atoms with Gasteiger partial charge in [0.25, 0.3) is 0 Å². The van der Waals surface area contributed by atoms with Gasteiger partial charge in [0.15, 0.2) is 0 Å². The van der Waals surface area contributed by atoms with Gasteiger partial charge in [0.2, 0.25) is 0 Å². The summed E-state index contributed by atoms with van der Waals surface area (Å²) < 4.78 is 25.7. The summed E-state index contributed by atoms with van der Waals surface area (Å²) >= 11 is 0. The molecule has 0 atom stereocenters. The maximum atomic E-state index is 8.05. The molecule has 20 heavy (non-hydrogen) atoms. The molecule has 0 aliphatic heterocycles. The van der Waals surface area contributed by atoms with Crippen molar-refractivity contribution in [3.05, 3.63) is 0 Å². The first-order chi connectivity index (χ1) is 9.30. The summed E-state index contributed by atoms with van der Waals surface area (Å²) in [5, 5.41) is 0. The molecule has 0 rings (SSSR count). The maximum absolute atomic E-state index is 8.05. The Kier molecular flexibility index (Phi) is 14.4. The predicted molar refractivity (Wildman–Crippen MR) is 76.3 cm³/mol. The molecule has 0 spiro atoms. The van der Waals surface area contributed by atoms with Crippen LogP contribution in [0.25, 0.3) is 0 Å². The molecule has 3 N–H and O–H groups in total. The predicted octanol–water partition coefficient (Wildman–Crippen LogP) is 0.00340. The molecule has 0 bridgehead atoms. The van der Waals surface area contributed by atoms with Crippen molar-refractivity contribution in [2.45, 2.75) is 34.6 Å². The smallest absolute Gasteiger partial charge is 0.368 e. The van der Waals surface area contributed by atoms with Crippen LogP contribution < -0.4 is 0 Å². The van der Waals surface area contributed by atoms with Crippen LogP contribution in [0.1, 0.15) is 34.6 Å². The third-order valence-electron chi connectivity index (χ3n) is 1.62. The van der Waals surface area contributed by atoms with Gasteiger partial charge in [-0.1, -0.05) is 0 Å². The van der Waals surface area contributed by atoms with Crippen LogP contribution in [0, 0.1) is 0 Å². The fraction of sp³-hybridized carbons (Fsp3) is 1.00. The lowest BCUT2D eigenvalue weighted by atomic mass is 10.9. The number of hydrogen-bond acceptors (Lipinski definition) is 8. The monoisotopic (exact) mass is 332 g/mol. The Morgan fingerprint density at radius 3 is 0.900 bits per heavy atom. The van der Waals surface area contributed by atoms with Crippen LogP contribution in [0.15, 0.2) is 0 Å². The van der Waals surface area contributed by atoms with Crippen LogP contribution in [0.5, 0.6) is 0 Å². The zero-order valence-corrected chi connectivity index (χ0v) is 14.9. The van der Waals surface area contributed by atoms with E-state index in [2.05, 4.69) is 4.43 Å². The van der Waals surface area contributed by atoms with Gasteiger partial charge in [-0.25, -0.2) is 0 Å². The van der Waals surface area contributed by atoms with E-state index in [1.807, 2.05) is 27.7 Å². The Balaban J connectivity index is 0. The molecule has 0 heterocycles. The summed E-state index contributed by atoms with van der Waals surface area (Å²) in [6.07, 6.45) is 0. The van der Waals surface area contributed by atoms with E-state index >= 15 is 0 Å². The van der Waals surface area contributed by atoms with Crippen molar-refractivity contribution in [1.29, 1.82) is 0 Å². The van der Waals surface area contributed by atoms with Gasteiger partial charge in [-0.3, -0.25) is 0 Å². The molecule has 0 aliphatic rings. The molecule has 124 valence electrons. The van der Waals surface area contributed by atoms with Gasteiger partial charge >= 0.3 is 18.1 Å². The Hall–Kier alpha value is 0.114. The van der Waals surface area contributed by atoms with Crippen molar-refractivity contribution in [2.24, 2.45) is 0 Å². The third-order valence-corrected chi connectivity index (χ3v) is 4.87. The Morgan fingerprint density at radius 2 is 0.800 bits per heavy atom. The fourth-order valence-corrected chi connectivity index (χ4v) is 3.45. The highest BCUT2D eigenvalue weighted by Crippen LogP contribution is 2.11. The number of rotatable bonds is 10. The molecule has 0 saturated carbocycles. The van der Waals surface area contributed by atoms with Crippen molar-refractivity contribution < 1.29 is 36.5 Å². The second-order valence-electron chi connectivity index (χ2n) is 3.24. The van der Waals surface area contributed by atoms with E-state index in [4.69, 9.17) is 32.1 Å². The van der Waals surface area contributed by atoms with E-state index < -0.39 is 18.1 Å². The zero-order chi connectivity index (χ0) is 16.1. The summed E-state index contributed by atoms with van der Waals surface area (Å²) in [6, 6.07) is 0.